The van der Waals surface area contributed by atoms with Crippen LogP contribution in [0.3, 0.4) is 0 Å². The fraction of sp³-hybridized carbons (Fsp3) is 0.448. The normalized spacial score (nSPS) is 24.1. The SMILES string of the molecule is C=C(NCc1ccc2c(c1)N=C(NO)CO2)c1cc(C(C)NCC23CCC(C(=O)O)(CC2)CC3)n2nccc2n1. The second-order valence-corrected chi connectivity index (χ2v) is 11.4. The van der Waals surface area contributed by atoms with Gasteiger partial charge in [-0.1, -0.05) is 12.6 Å². The summed E-state index contributed by atoms with van der Waals surface area (Å²) in [5.41, 5.74) is 6.51. The molecule has 4 aliphatic rings. The fourth-order valence-corrected chi connectivity index (χ4v) is 6.29. The molecule has 0 radical (unpaired) electrons. The molecule has 3 aliphatic carbocycles. The monoisotopic (exact) mass is 545 g/mol. The minimum atomic E-state index is -0.622. The summed E-state index contributed by atoms with van der Waals surface area (Å²) in [6.45, 7) is 7.94. The van der Waals surface area contributed by atoms with Gasteiger partial charge in [0.05, 0.1) is 28.7 Å². The predicted molar refractivity (Wildman–Crippen MR) is 149 cm³/mol. The maximum absolute atomic E-state index is 11.8. The van der Waals surface area contributed by atoms with Crippen LogP contribution in [0.2, 0.25) is 0 Å². The van der Waals surface area contributed by atoms with E-state index in [1.54, 1.807) is 6.20 Å². The standard InChI is InChI=1S/C29H35N7O4/c1-18(30-15-20-3-4-24-22(13-20)33-25(35-39)16-40-24)21-14-23(36-26(34-21)5-12-32-36)19(2)31-17-28-6-9-29(10-7-28,11-8-28)27(37)38/h3-5,12-14,19,30-31,39H,1,6-11,15-17H2,2H3,(H,33,35)(H,37,38). The summed E-state index contributed by atoms with van der Waals surface area (Å²) < 4.78 is 7.45. The number of nitrogens with zero attached hydrogens (tertiary/aromatic N) is 4. The Morgan fingerprint density at radius 1 is 1.18 bits per heavy atom. The molecule has 1 unspecified atom stereocenters. The van der Waals surface area contributed by atoms with Gasteiger partial charge in [0.2, 0.25) is 0 Å². The zero-order chi connectivity index (χ0) is 27.9. The van der Waals surface area contributed by atoms with E-state index in [1.807, 2.05) is 34.8 Å². The largest absolute Gasteiger partial charge is 0.483 e. The van der Waals surface area contributed by atoms with E-state index < -0.39 is 11.4 Å². The van der Waals surface area contributed by atoms with E-state index in [1.165, 1.54) is 0 Å². The van der Waals surface area contributed by atoms with Crippen LogP contribution >= 0.6 is 0 Å². The van der Waals surface area contributed by atoms with Gasteiger partial charge < -0.3 is 20.5 Å². The molecule has 7 rings (SSSR count). The number of hydrogen-bond donors (Lipinski definition) is 5. The van der Waals surface area contributed by atoms with Crippen LogP contribution in [-0.4, -0.2) is 49.9 Å². The number of rotatable bonds is 9. The Hall–Kier alpha value is -3.96. The first-order valence-electron chi connectivity index (χ1n) is 13.8. The fourth-order valence-electron chi connectivity index (χ4n) is 6.29. The van der Waals surface area contributed by atoms with E-state index in [-0.39, 0.29) is 18.1 Å². The molecule has 0 saturated heterocycles. The number of hydroxylamine groups is 1. The van der Waals surface area contributed by atoms with Crippen LogP contribution < -0.4 is 20.9 Å². The first kappa shape index (κ1) is 26.3. The number of benzene rings is 1. The molecule has 40 heavy (non-hydrogen) atoms. The third-order valence-corrected chi connectivity index (χ3v) is 9.06. The zero-order valence-electron chi connectivity index (χ0n) is 22.6. The molecular weight excluding hydrogens is 510 g/mol. The van der Waals surface area contributed by atoms with E-state index in [4.69, 9.17) is 14.9 Å². The molecule has 3 aromatic rings. The Bertz CT molecular complexity index is 1470. The van der Waals surface area contributed by atoms with Crippen LogP contribution in [0.5, 0.6) is 5.75 Å². The molecule has 11 heteroatoms. The van der Waals surface area contributed by atoms with Gasteiger partial charge in [-0.3, -0.25) is 15.5 Å². The first-order valence-corrected chi connectivity index (χ1v) is 13.8. The molecule has 2 aromatic heterocycles. The van der Waals surface area contributed by atoms with E-state index >= 15 is 0 Å². The Kier molecular flexibility index (Phi) is 6.71. The molecule has 1 aliphatic heterocycles. The molecular formula is C29H35N7O4. The zero-order valence-corrected chi connectivity index (χ0v) is 22.6. The highest BCUT2D eigenvalue weighted by molar-refractivity contribution is 5.87. The lowest BCUT2D eigenvalue weighted by Crippen LogP contribution is -2.49. The van der Waals surface area contributed by atoms with Gasteiger partial charge in [0.15, 0.2) is 11.5 Å². The van der Waals surface area contributed by atoms with E-state index in [0.717, 1.165) is 67.7 Å². The Labute approximate surface area is 232 Å². The summed E-state index contributed by atoms with van der Waals surface area (Å²) in [5.74, 6) is 0.405. The number of carboxylic acids is 1. The second-order valence-electron chi connectivity index (χ2n) is 11.4. The summed E-state index contributed by atoms with van der Waals surface area (Å²) in [4.78, 5) is 21.0. The number of carbonyl (C=O) groups is 1. The van der Waals surface area contributed by atoms with E-state index in [9.17, 15) is 9.90 Å². The molecule has 11 nitrogen and oxygen atoms in total. The number of fused-ring (bicyclic) bond motifs is 5. The van der Waals surface area contributed by atoms with Gasteiger partial charge in [-0.2, -0.15) is 5.10 Å². The van der Waals surface area contributed by atoms with Gasteiger partial charge in [-0.25, -0.2) is 14.5 Å². The van der Waals surface area contributed by atoms with Crippen molar-refractivity contribution in [2.75, 3.05) is 13.2 Å². The lowest BCUT2D eigenvalue weighted by Gasteiger charge is -2.51. The number of aliphatic imine (C=N–C) groups is 1. The quantitative estimate of drug-likeness (QED) is 0.252. The topological polar surface area (TPSA) is 145 Å². The highest BCUT2D eigenvalue weighted by Gasteiger charge is 2.52. The smallest absolute Gasteiger partial charge is 0.309 e. The van der Waals surface area contributed by atoms with Crippen LogP contribution in [0.15, 0.2) is 48.1 Å². The van der Waals surface area contributed by atoms with Crippen molar-refractivity contribution in [3.05, 3.63) is 60.1 Å². The van der Waals surface area contributed by atoms with Crippen LogP contribution in [0.4, 0.5) is 5.69 Å². The van der Waals surface area contributed by atoms with Crippen LogP contribution in [0.1, 0.15) is 68.4 Å². The number of ether oxygens (including phenoxy) is 1. The minimum Gasteiger partial charge on any atom is -0.483 e. The molecule has 0 amide bonds. The molecule has 3 saturated carbocycles. The Balaban J connectivity index is 1.14. The summed E-state index contributed by atoms with van der Waals surface area (Å²) in [6, 6.07) is 9.65. The molecule has 5 N–H and O–H groups in total. The van der Waals surface area contributed by atoms with Crippen molar-refractivity contribution >= 4 is 28.8 Å². The van der Waals surface area contributed by atoms with Crippen LogP contribution in [0, 0.1) is 10.8 Å². The Morgan fingerprint density at radius 3 is 2.67 bits per heavy atom. The van der Waals surface area contributed by atoms with E-state index in [2.05, 4.69) is 39.7 Å². The third-order valence-electron chi connectivity index (χ3n) is 9.06. The Morgan fingerprint density at radius 2 is 1.95 bits per heavy atom. The van der Waals surface area contributed by atoms with Gasteiger partial charge >= 0.3 is 5.97 Å². The van der Waals surface area contributed by atoms with Gasteiger partial charge in [0.1, 0.15) is 18.0 Å². The third kappa shape index (κ3) is 4.79. The first-order chi connectivity index (χ1) is 19.3. The van der Waals surface area contributed by atoms with E-state index in [0.29, 0.717) is 29.5 Å². The lowest BCUT2D eigenvalue weighted by molar-refractivity contribution is -0.158. The highest BCUT2D eigenvalue weighted by Crippen LogP contribution is 2.56. The number of aliphatic carboxylic acids is 1. The molecule has 3 heterocycles. The van der Waals surface area contributed by atoms with Crippen LogP contribution in [-0.2, 0) is 11.3 Å². The highest BCUT2D eigenvalue weighted by atomic mass is 16.5. The molecule has 0 spiro atoms. The van der Waals surface area contributed by atoms with Crippen molar-refractivity contribution in [1.82, 2.24) is 30.7 Å². The van der Waals surface area contributed by atoms with Crippen molar-refractivity contribution < 1.29 is 19.8 Å². The second kappa shape index (κ2) is 10.2. The number of aromatic nitrogens is 3. The van der Waals surface area contributed by atoms with Gasteiger partial charge in [-0.15, -0.1) is 0 Å². The minimum absolute atomic E-state index is 0.00671. The number of carboxylic acid groups (broad SMARTS) is 1. The van der Waals surface area contributed by atoms with Gasteiger partial charge in [0, 0.05) is 25.2 Å². The van der Waals surface area contributed by atoms with Crippen LogP contribution in [0.25, 0.3) is 11.3 Å². The molecule has 1 atom stereocenters. The number of amidine groups is 1. The summed E-state index contributed by atoms with van der Waals surface area (Å²) in [6.07, 6.45) is 6.93. The maximum atomic E-state index is 11.8. The average Bonchev–Trinajstić information content (AvgIpc) is 3.47. The van der Waals surface area contributed by atoms with Crippen molar-refractivity contribution in [3.63, 3.8) is 0 Å². The van der Waals surface area contributed by atoms with Gasteiger partial charge in [-0.05, 0) is 74.6 Å². The van der Waals surface area contributed by atoms with Crippen molar-refractivity contribution in [2.45, 2.75) is 58.0 Å². The maximum Gasteiger partial charge on any atom is 0.309 e. The van der Waals surface area contributed by atoms with Crippen molar-refractivity contribution in [1.29, 1.82) is 0 Å². The molecule has 2 bridgehead atoms. The average molecular weight is 546 g/mol. The van der Waals surface area contributed by atoms with Gasteiger partial charge in [0.25, 0.3) is 0 Å². The van der Waals surface area contributed by atoms with Crippen molar-refractivity contribution in [3.8, 4) is 5.75 Å². The molecule has 1 aromatic carbocycles. The molecule has 210 valence electrons. The predicted octanol–water partition coefficient (Wildman–Crippen LogP) is 3.97. The lowest BCUT2D eigenvalue weighted by atomic mass is 9.53. The summed E-state index contributed by atoms with van der Waals surface area (Å²) in [7, 11) is 0. The number of hydrogen-bond acceptors (Lipinski definition) is 9. The summed E-state index contributed by atoms with van der Waals surface area (Å²) >= 11 is 0. The molecule has 3 fully saturated rings. The number of nitrogens with one attached hydrogen (secondary N) is 3. The summed E-state index contributed by atoms with van der Waals surface area (Å²) in [5, 5.41) is 30.5. The van der Waals surface area contributed by atoms with Crippen molar-refractivity contribution in [2.24, 2.45) is 15.8 Å².